The predicted molar refractivity (Wildman–Crippen MR) is 76.5 cm³/mol. The molecule has 1 rings (SSSR count). The lowest BCUT2D eigenvalue weighted by atomic mass is 10.3. The average Bonchev–Trinajstić information content (AvgIpc) is 2.27. The van der Waals surface area contributed by atoms with Gasteiger partial charge in [0.15, 0.2) is 14.9 Å². The van der Waals surface area contributed by atoms with Crippen molar-refractivity contribution in [1.29, 1.82) is 0 Å². The van der Waals surface area contributed by atoms with Gasteiger partial charge in [0.1, 0.15) is 0 Å². The Hall–Kier alpha value is -0.400. The molecule has 7 heteroatoms. The van der Waals surface area contributed by atoms with E-state index in [4.69, 9.17) is 17.0 Å². The van der Waals surface area contributed by atoms with E-state index in [1.807, 2.05) is 18.7 Å². The van der Waals surface area contributed by atoms with E-state index in [-0.39, 0.29) is 17.5 Å². The normalized spacial score (nSPS) is 22.8. The number of thiocarbonyl (C=S) groups is 1. The van der Waals surface area contributed by atoms with Gasteiger partial charge in [0.2, 0.25) is 0 Å². The molecule has 1 heterocycles. The first kappa shape index (κ1) is 15.7. The SMILES string of the molecule is CCOCCCNC(=S)N1CCS(=O)(=O)CC1C. The lowest BCUT2D eigenvalue weighted by Gasteiger charge is -2.35. The molecule has 0 amide bonds. The summed E-state index contributed by atoms with van der Waals surface area (Å²) in [6.07, 6.45) is 0.897. The van der Waals surface area contributed by atoms with Crippen LogP contribution in [0.4, 0.5) is 0 Å². The monoisotopic (exact) mass is 294 g/mol. The zero-order valence-corrected chi connectivity index (χ0v) is 12.6. The Bertz CT molecular complexity index is 370. The van der Waals surface area contributed by atoms with Crippen LogP contribution in [0, 0.1) is 0 Å². The van der Waals surface area contributed by atoms with Crippen molar-refractivity contribution in [3.63, 3.8) is 0 Å². The van der Waals surface area contributed by atoms with Crippen LogP contribution >= 0.6 is 12.2 Å². The van der Waals surface area contributed by atoms with E-state index in [0.29, 0.717) is 11.7 Å². The molecule has 0 aliphatic carbocycles. The van der Waals surface area contributed by atoms with Crippen LogP contribution < -0.4 is 5.32 Å². The fraction of sp³-hybridized carbons (Fsp3) is 0.909. The maximum Gasteiger partial charge on any atom is 0.169 e. The second kappa shape index (κ2) is 7.25. The number of hydrogen-bond acceptors (Lipinski definition) is 4. The summed E-state index contributed by atoms with van der Waals surface area (Å²) in [5.41, 5.74) is 0. The van der Waals surface area contributed by atoms with Crippen LogP contribution in [0.15, 0.2) is 0 Å². The Morgan fingerprint density at radius 1 is 1.56 bits per heavy atom. The molecule has 18 heavy (non-hydrogen) atoms. The van der Waals surface area contributed by atoms with Crippen LogP contribution in [0.3, 0.4) is 0 Å². The van der Waals surface area contributed by atoms with Gasteiger partial charge in [-0.15, -0.1) is 0 Å². The lowest BCUT2D eigenvalue weighted by Crippen LogP contribution is -2.53. The summed E-state index contributed by atoms with van der Waals surface area (Å²) in [7, 11) is -2.88. The van der Waals surface area contributed by atoms with Gasteiger partial charge in [-0.25, -0.2) is 8.42 Å². The fourth-order valence-electron chi connectivity index (χ4n) is 1.92. The standard InChI is InChI=1S/C11H22N2O3S2/c1-3-16-7-4-5-12-11(17)13-6-8-18(14,15)9-10(13)2/h10H,3-9H2,1-2H3,(H,12,17). The van der Waals surface area contributed by atoms with Gasteiger partial charge in [-0.3, -0.25) is 0 Å². The third-order valence-electron chi connectivity index (χ3n) is 2.88. The van der Waals surface area contributed by atoms with Crippen molar-refractivity contribution in [3.05, 3.63) is 0 Å². The molecule has 1 aliphatic rings. The Morgan fingerprint density at radius 2 is 2.28 bits per heavy atom. The minimum atomic E-state index is -2.88. The van der Waals surface area contributed by atoms with Gasteiger partial charge >= 0.3 is 0 Å². The lowest BCUT2D eigenvalue weighted by molar-refractivity contribution is 0.145. The van der Waals surface area contributed by atoms with Gasteiger partial charge in [0.25, 0.3) is 0 Å². The summed E-state index contributed by atoms with van der Waals surface area (Å²) in [6.45, 7) is 6.55. The van der Waals surface area contributed by atoms with Crippen molar-refractivity contribution in [3.8, 4) is 0 Å². The number of nitrogens with one attached hydrogen (secondary N) is 1. The number of ether oxygens (including phenoxy) is 1. The van der Waals surface area contributed by atoms with E-state index in [0.717, 1.165) is 26.2 Å². The van der Waals surface area contributed by atoms with Crippen LogP contribution in [0.5, 0.6) is 0 Å². The molecule has 1 atom stereocenters. The Kier molecular flexibility index (Phi) is 6.31. The van der Waals surface area contributed by atoms with Crippen LogP contribution in [-0.2, 0) is 14.6 Å². The molecule has 0 radical (unpaired) electrons. The van der Waals surface area contributed by atoms with Gasteiger partial charge in [-0.05, 0) is 32.5 Å². The zero-order valence-electron chi connectivity index (χ0n) is 11.0. The van der Waals surface area contributed by atoms with Crippen molar-refractivity contribution in [1.82, 2.24) is 10.2 Å². The number of nitrogens with zero attached hydrogens (tertiary/aromatic N) is 1. The maximum atomic E-state index is 11.5. The average molecular weight is 294 g/mol. The molecule has 5 nitrogen and oxygen atoms in total. The number of rotatable bonds is 5. The fourth-order valence-corrected chi connectivity index (χ4v) is 3.85. The first-order valence-corrected chi connectivity index (χ1v) is 8.52. The second-order valence-corrected chi connectivity index (χ2v) is 7.05. The largest absolute Gasteiger partial charge is 0.382 e. The smallest absolute Gasteiger partial charge is 0.169 e. The third kappa shape index (κ3) is 5.07. The molecule has 0 spiro atoms. The van der Waals surface area contributed by atoms with E-state index in [1.54, 1.807) is 0 Å². The van der Waals surface area contributed by atoms with Crippen LogP contribution in [-0.4, -0.2) is 62.3 Å². The Labute approximate surface area is 115 Å². The third-order valence-corrected chi connectivity index (χ3v) is 5.05. The van der Waals surface area contributed by atoms with Crippen molar-refractivity contribution in [2.75, 3.05) is 37.8 Å². The molecule has 0 saturated carbocycles. The molecule has 0 aromatic carbocycles. The van der Waals surface area contributed by atoms with E-state index in [9.17, 15) is 8.42 Å². The van der Waals surface area contributed by atoms with E-state index < -0.39 is 9.84 Å². The van der Waals surface area contributed by atoms with E-state index >= 15 is 0 Å². The van der Waals surface area contributed by atoms with Crippen molar-refractivity contribution in [2.45, 2.75) is 26.3 Å². The molecule has 1 fully saturated rings. The topological polar surface area (TPSA) is 58.6 Å². The van der Waals surface area contributed by atoms with Gasteiger partial charge in [0, 0.05) is 32.3 Å². The van der Waals surface area contributed by atoms with Gasteiger partial charge in [-0.1, -0.05) is 0 Å². The van der Waals surface area contributed by atoms with Crippen molar-refractivity contribution < 1.29 is 13.2 Å². The van der Waals surface area contributed by atoms with Crippen LogP contribution in [0.25, 0.3) is 0 Å². The van der Waals surface area contributed by atoms with Crippen molar-refractivity contribution in [2.24, 2.45) is 0 Å². The predicted octanol–water partition coefficient (Wildman–Crippen LogP) is 0.406. The first-order chi connectivity index (χ1) is 8.46. The minimum absolute atomic E-state index is 0.0457. The first-order valence-electron chi connectivity index (χ1n) is 6.29. The number of hydrogen-bond donors (Lipinski definition) is 1. The highest BCUT2D eigenvalue weighted by Crippen LogP contribution is 2.11. The molecular formula is C11H22N2O3S2. The van der Waals surface area contributed by atoms with Gasteiger partial charge in [0.05, 0.1) is 11.5 Å². The highest BCUT2D eigenvalue weighted by molar-refractivity contribution is 7.91. The highest BCUT2D eigenvalue weighted by atomic mass is 32.2. The summed E-state index contributed by atoms with van der Waals surface area (Å²) in [5.74, 6) is 0.381. The molecule has 0 aromatic rings. The molecule has 1 saturated heterocycles. The number of sulfone groups is 1. The van der Waals surface area contributed by atoms with Crippen molar-refractivity contribution >= 4 is 27.2 Å². The van der Waals surface area contributed by atoms with Crippen LogP contribution in [0.1, 0.15) is 20.3 Å². The molecule has 106 valence electrons. The van der Waals surface area contributed by atoms with Gasteiger partial charge in [-0.2, -0.15) is 0 Å². The van der Waals surface area contributed by atoms with Gasteiger partial charge < -0.3 is 15.0 Å². The molecule has 0 aromatic heterocycles. The minimum Gasteiger partial charge on any atom is -0.382 e. The van der Waals surface area contributed by atoms with E-state index in [2.05, 4.69) is 5.32 Å². The summed E-state index contributed by atoms with van der Waals surface area (Å²) in [4.78, 5) is 1.96. The Balaban J connectivity index is 2.30. The molecule has 1 unspecified atom stereocenters. The molecule has 0 bridgehead atoms. The second-order valence-electron chi connectivity index (χ2n) is 4.44. The summed E-state index contributed by atoms with van der Waals surface area (Å²) in [5, 5.41) is 3.80. The summed E-state index contributed by atoms with van der Waals surface area (Å²) < 4.78 is 28.1. The maximum absolute atomic E-state index is 11.5. The quantitative estimate of drug-likeness (QED) is 0.585. The molecule has 1 aliphatic heterocycles. The highest BCUT2D eigenvalue weighted by Gasteiger charge is 2.29. The van der Waals surface area contributed by atoms with Crippen LogP contribution in [0.2, 0.25) is 0 Å². The van der Waals surface area contributed by atoms with E-state index in [1.165, 1.54) is 0 Å². The zero-order chi connectivity index (χ0) is 13.6. The Morgan fingerprint density at radius 3 is 2.89 bits per heavy atom. The molecular weight excluding hydrogens is 272 g/mol. The summed E-state index contributed by atoms with van der Waals surface area (Å²) in [6, 6.07) is -0.0457. The molecule has 1 N–H and O–H groups in total. The summed E-state index contributed by atoms with van der Waals surface area (Å²) >= 11 is 5.28.